The highest BCUT2D eigenvalue weighted by molar-refractivity contribution is 5.80. The summed E-state index contributed by atoms with van der Waals surface area (Å²) in [5.41, 5.74) is 0.0600. The molecule has 0 aliphatic heterocycles. The number of allylic oxidation sites excluding steroid dienone is 2. The predicted octanol–water partition coefficient (Wildman–Crippen LogP) is 5.44. The summed E-state index contributed by atoms with van der Waals surface area (Å²) in [5.74, 6) is 0.506. The molecule has 1 N–H and O–H groups in total. The number of carbonyl (C=O) groups excluding carboxylic acids is 1. The van der Waals surface area contributed by atoms with Crippen LogP contribution >= 0.6 is 0 Å². The van der Waals surface area contributed by atoms with Gasteiger partial charge in [-0.2, -0.15) is 0 Å². The molecule has 0 rings (SSSR count). The average molecular weight is 308 g/mol. The second-order valence-electron chi connectivity index (χ2n) is 6.87. The van der Waals surface area contributed by atoms with Crippen LogP contribution in [0.3, 0.4) is 0 Å². The fourth-order valence-electron chi connectivity index (χ4n) is 3.36. The van der Waals surface area contributed by atoms with Gasteiger partial charge in [-0.05, 0) is 44.9 Å². The van der Waals surface area contributed by atoms with E-state index in [9.17, 15) is 4.79 Å². The van der Waals surface area contributed by atoms with Crippen molar-refractivity contribution < 1.29 is 4.79 Å². The Labute approximate surface area is 138 Å². The maximum absolute atomic E-state index is 12.1. The number of hydrogen-bond donors (Lipinski definition) is 1. The molecule has 2 heteroatoms. The van der Waals surface area contributed by atoms with Crippen LogP contribution in [0.2, 0.25) is 0 Å². The summed E-state index contributed by atoms with van der Waals surface area (Å²) in [7, 11) is 0. The van der Waals surface area contributed by atoms with Crippen molar-refractivity contribution >= 4 is 5.78 Å². The van der Waals surface area contributed by atoms with Crippen LogP contribution in [0.15, 0.2) is 25.3 Å². The van der Waals surface area contributed by atoms with Crippen molar-refractivity contribution in [2.24, 2.45) is 5.92 Å². The zero-order chi connectivity index (χ0) is 17.0. The molecule has 0 aromatic heterocycles. The minimum Gasteiger partial charge on any atom is -0.309 e. The Kier molecular flexibility index (Phi) is 11.2. The number of hydrogen-bond acceptors (Lipinski definition) is 2. The van der Waals surface area contributed by atoms with Crippen LogP contribution in [-0.2, 0) is 4.79 Å². The number of carbonyl (C=O) groups is 1. The Balaban J connectivity index is 5.07. The lowest BCUT2D eigenvalue weighted by Crippen LogP contribution is -2.50. The average Bonchev–Trinajstić information content (AvgIpc) is 2.46. The SMILES string of the molecule is C=CCCCC(CCCC=C)(CC(C)C(=O)CC)NC(C)C. The molecule has 128 valence electrons. The van der Waals surface area contributed by atoms with Crippen LogP contribution in [0.4, 0.5) is 0 Å². The lowest BCUT2D eigenvalue weighted by atomic mass is 9.78. The molecular weight excluding hydrogens is 270 g/mol. The van der Waals surface area contributed by atoms with E-state index in [1.807, 2.05) is 19.1 Å². The van der Waals surface area contributed by atoms with Gasteiger partial charge in [0.15, 0.2) is 0 Å². The van der Waals surface area contributed by atoms with Gasteiger partial charge >= 0.3 is 0 Å². The molecule has 0 spiro atoms. The molecule has 0 aromatic carbocycles. The fourth-order valence-corrected chi connectivity index (χ4v) is 3.36. The summed E-state index contributed by atoms with van der Waals surface area (Å²) in [6, 6.07) is 0.427. The monoisotopic (exact) mass is 307 g/mol. The number of ketones is 1. The van der Waals surface area contributed by atoms with Crippen LogP contribution in [-0.4, -0.2) is 17.4 Å². The van der Waals surface area contributed by atoms with E-state index in [0.29, 0.717) is 18.2 Å². The summed E-state index contributed by atoms with van der Waals surface area (Å²) in [4.78, 5) is 12.1. The van der Waals surface area contributed by atoms with E-state index in [2.05, 4.69) is 39.2 Å². The van der Waals surface area contributed by atoms with Crippen molar-refractivity contribution in [3.8, 4) is 0 Å². The van der Waals surface area contributed by atoms with Crippen molar-refractivity contribution in [3.05, 3.63) is 25.3 Å². The summed E-state index contributed by atoms with van der Waals surface area (Å²) in [6.45, 7) is 16.1. The van der Waals surface area contributed by atoms with Gasteiger partial charge in [0.25, 0.3) is 0 Å². The summed E-state index contributed by atoms with van der Waals surface area (Å²) in [5, 5.41) is 3.80. The first-order chi connectivity index (χ1) is 10.4. The highest BCUT2D eigenvalue weighted by Gasteiger charge is 2.32. The van der Waals surface area contributed by atoms with E-state index in [-0.39, 0.29) is 11.5 Å². The molecular formula is C20H37NO. The van der Waals surface area contributed by atoms with Crippen molar-refractivity contribution in [1.82, 2.24) is 5.32 Å². The third-order valence-corrected chi connectivity index (χ3v) is 4.32. The Morgan fingerprint density at radius 3 is 1.95 bits per heavy atom. The van der Waals surface area contributed by atoms with E-state index in [4.69, 9.17) is 0 Å². The molecule has 0 heterocycles. The van der Waals surface area contributed by atoms with Crippen molar-refractivity contribution in [2.45, 2.75) is 90.6 Å². The lowest BCUT2D eigenvalue weighted by Gasteiger charge is -2.39. The van der Waals surface area contributed by atoms with Gasteiger partial charge in [0.1, 0.15) is 5.78 Å². The van der Waals surface area contributed by atoms with Crippen LogP contribution < -0.4 is 5.32 Å². The van der Waals surface area contributed by atoms with Gasteiger partial charge < -0.3 is 5.32 Å². The van der Waals surface area contributed by atoms with E-state index in [1.165, 1.54) is 0 Å². The Hall–Kier alpha value is -0.890. The minimum absolute atomic E-state index is 0.0600. The van der Waals surface area contributed by atoms with Gasteiger partial charge in [-0.1, -0.05) is 39.8 Å². The van der Waals surface area contributed by atoms with Gasteiger partial charge in [-0.25, -0.2) is 0 Å². The largest absolute Gasteiger partial charge is 0.309 e. The number of nitrogens with one attached hydrogen (secondary N) is 1. The number of Topliss-reactive ketones (excluding diaryl/α,β-unsaturated/α-hetero) is 1. The van der Waals surface area contributed by atoms with Gasteiger partial charge in [-0.3, -0.25) is 4.79 Å². The first kappa shape index (κ1) is 21.1. The number of rotatable bonds is 14. The van der Waals surface area contributed by atoms with Crippen molar-refractivity contribution in [3.63, 3.8) is 0 Å². The van der Waals surface area contributed by atoms with E-state index >= 15 is 0 Å². The normalized spacial score (nSPS) is 13.1. The van der Waals surface area contributed by atoms with Gasteiger partial charge in [0.2, 0.25) is 0 Å². The highest BCUT2D eigenvalue weighted by atomic mass is 16.1. The number of unbranched alkanes of at least 4 members (excludes halogenated alkanes) is 2. The molecule has 0 aromatic rings. The molecule has 0 saturated carbocycles. The van der Waals surface area contributed by atoms with Gasteiger partial charge in [0, 0.05) is 23.9 Å². The second kappa shape index (κ2) is 11.6. The maximum Gasteiger partial charge on any atom is 0.135 e. The quantitative estimate of drug-likeness (QED) is 0.342. The highest BCUT2D eigenvalue weighted by Crippen LogP contribution is 2.30. The fraction of sp³-hybridized carbons (Fsp3) is 0.750. The molecule has 1 unspecified atom stereocenters. The van der Waals surface area contributed by atoms with Crippen molar-refractivity contribution in [1.29, 1.82) is 0 Å². The molecule has 0 aliphatic carbocycles. The molecule has 22 heavy (non-hydrogen) atoms. The molecule has 0 amide bonds. The van der Waals surface area contributed by atoms with Gasteiger partial charge in [0.05, 0.1) is 0 Å². The minimum atomic E-state index is 0.0600. The van der Waals surface area contributed by atoms with E-state index in [1.54, 1.807) is 0 Å². The maximum atomic E-state index is 12.1. The molecule has 0 bridgehead atoms. The third kappa shape index (κ3) is 8.53. The van der Waals surface area contributed by atoms with Crippen LogP contribution in [0, 0.1) is 5.92 Å². The Morgan fingerprint density at radius 2 is 1.59 bits per heavy atom. The van der Waals surface area contributed by atoms with Crippen LogP contribution in [0.1, 0.15) is 79.1 Å². The van der Waals surface area contributed by atoms with Gasteiger partial charge in [-0.15, -0.1) is 13.2 Å². The topological polar surface area (TPSA) is 29.1 Å². The molecule has 0 saturated heterocycles. The molecule has 1 atom stereocenters. The zero-order valence-corrected chi connectivity index (χ0v) is 15.3. The van der Waals surface area contributed by atoms with Crippen molar-refractivity contribution in [2.75, 3.05) is 0 Å². The van der Waals surface area contributed by atoms with E-state index < -0.39 is 0 Å². The Bertz CT molecular complexity index is 319. The zero-order valence-electron chi connectivity index (χ0n) is 15.3. The standard InChI is InChI=1S/C20H37NO/c1-7-10-12-14-20(21-17(4)5,15-13-11-8-2)16-18(6)19(22)9-3/h7-8,17-18,21H,1-2,9-16H2,3-6H3. The summed E-state index contributed by atoms with van der Waals surface area (Å²) < 4.78 is 0. The van der Waals surface area contributed by atoms with Crippen LogP contribution in [0.5, 0.6) is 0 Å². The lowest BCUT2D eigenvalue weighted by molar-refractivity contribution is -0.122. The molecule has 2 nitrogen and oxygen atoms in total. The molecule has 0 radical (unpaired) electrons. The summed E-state index contributed by atoms with van der Waals surface area (Å²) in [6.07, 6.45) is 12.1. The van der Waals surface area contributed by atoms with Crippen LogP contribution in [0.25, 0.3) is 0 Å². The predicted molar refractivity (Wildman–Crippen MR) is 98.2 cm³/mol. The first-order valence-corrected chi connectivity index (χ1v) is 8.93. The summed E-state index contributed by atoms with van der Waals surface area (Å²) >= 11 is 0. The van der Waals surface area contributed by atoms with E-state index in [0.717, 1.165) is 44.9 Å². The second-order valence-corrected chi connectivity index (χ2v) is 6.87. The molecule has 0 aliphatic rings. The molecule has 0 fully saturated rings. The third-order valence-electron chi connectivity index (χ3n) is 4.32. The Morgan fingerprint density at radius 1 is 1.09 bits per heavy atom. The smallest absolute Gasteiger partial charge is 0.135 e. The first-order valence-electron chi connectivity index (χ1n) is 8.93.